The molecule has 3 N–H and O–H groups in total. The van der Waals surface area contributed by atoms with Gasteiger partial charge in [0.1, 0.15) is 5.69 Å². The van der Waals surface area contributed by atoms with E-state index in [9.17, 15) is 4.79 Å². The molecular formula is C15H14N4O. The first-order valence-electron chi connectivity index (χ1n) is 6.29. The molecule has 100 valence electrons. The Morgan fingerprint density at radius 1 is 1.20 bits per heavy atom. The number of hydrogen-bond acceptors (Lipinski definition) is 2. The van der Waals surface area contributed by atoms with E-state index in [4.69, 9.17) is 0 Å². The van der Waals surface area contributed by atoms with E-state index in [2.05, 4.69) is 20.5 Å². The van der Waals surface area contributed by atoms with Crippen molar-refractivity contribution in [2.75, 3.05) is 7.05 Å². The van der Waals surface area contributed by atoms with Crippen molar-refractivity contribution in [1.82, 2.24) is 20.5 Å². The first-order chi connectivity index (χ1) is 9.79. The number of aromatic amines is 2. The third-order valence-electron chi connectivity index (χ3n) is 3.17. The van der Waals surface area contributed by atoms with Crippen LogP contribution >= 0.6 is 0 Å². The van der Waals surface area contributed by atoms with Crippen molar-refractivity contribution in [3.8, 4) is 22.4 Å². The Morgan fingerprint density at radius 3 is 2.75 bits per heavy atom. The Hall–Kier alpha value is -2.82. The molecule has 0 unspecified atom stereocenters. The molecule has 1 aromatic carbocycles. The lowest BCUT2D eigenvalue weighted by molar-refractivity contribution is 0.0959. The highest BCUT2D eigenvalue weighted by Crippen LogP contribution is 2.30. The molecule has 5 nitrogen and oxygen atoms in total. The molecule has 0 bridgehead atoms. The SMILES string of the molecule is CNC(=O)c1cc(-c2[nH]ncc2-c2ccccc2)c[nH]1. The van der Waals surface area contributed by atoms with Gasteiger partial charge >= 0.3 is 0 Å². The second-order valence-corrected chi connectivity index (χ2v) is 4.41. The highest BCUT2D eigenvalue weighted by atomic mass is 16.1. The van der Waals surface area contributed by atoms with E-state index in [0.29, 0.717) is 5.69 Å². The number of nitrogens with one attached hydrogen (secondary N) is 3. The quantitative estimate of drug-likeness (QED) is 0.681. The van der Waals surface area contributed by atoms with E-state index in [1.807, 2.05) is 30.3 Å². The number of benzene rings is 1. The van der Waals surface area contributed by atoms with Crippen LogP contribution in [0.2, 0.25) is 0 Å². The van der Waals surface area contributed by atoms with Crippen molar-refractivity contribution in [2.24, 2.45) is 0 Å². The molecule has 0 aliphatic carbocycles. The summed E-state index contributed by atoms with van der Waals surface area (Å²) in [7, 11) is 1.61. The van der Waals surface area contributed by atoms with E-state index in [-0.39, 0.29) is 5.91 Å². The van der Waals surface area contributed by atoms with Gasteiger partial charge in [-0.25, -0.2) is 0 Å². The second kappa shape index (κ2) is 5.05. The van der Waals surface area contributed by atoms with Gasteiger partial charge in [-0.3, -0.25) is 9.89 Å². The summed E-state index contributed by atoms with van der Waals surface area (Å²) in [6.45, 7) is 0. The van der Waals surface area contributed by atoms with E-state index < -0.39 is 0 Å². The van der Waals surface area contributed by atoms with Gasteiger partial charge in [-0.1, -0.05) is 30.3 Å². The minimum Gasteiger partial charge on any atom is -0.357 e. The van der Waals surface area contributed by atoms with Gasteiger partial charge in [-0.05, 0) is 11.6 Å². The van der Waals surface area contributed by atoms with Crippen molar-refractivity contribution in [1.29, 1.82) is 0 Å². The Kier molecular flexibility index (Phi) is 3.09. The van der Waals surface area contributed by atoms with Gasteiger partial charge in [-0.15, -0.1) is 0 Å². The minimum atomic E-state index is -0.142. The first-order valence-corrected chi connectivity index (χ1v) is 6.29. The molecule has 0 radical (unpaired) electrons. The number of H-pyrrole nitrogens is 2. The number of nitrogens with zero attached hydrogens (tertiary/aromatic N) is 1. The minimum absolute atomic E-state index is 0.142. The average Bonchev–Trinajstić information content (AvgIpc) is 3.15. The van der Waals surface area contributed by atoms with Crippen LogP contribution in [0.5, 0.6) is 0 Å². The molecule has 3 rings (SSSR count). The maximum Gasteiger partial charge on any atom is 0.267 e. The molecule has 2 aromatic heterocycles. The van der Waals surface area contributed by atoms with Gasteiger partial charge < -0.3 is 10.3 Å². The number of carbonyl (C=O) groups is 1. The summed E-state index contributed by atoms with van der Waals surface area (Å²) in [5.41, 5.74) is 4.41. The molecule has 0 atom stereocenters. The molecule has 0 aliphatic heterocycles. The molecule has 2 heterocycles. The van der Waals surface area contributed by atoms with Crippen molar-refractivity contribution in [2.45, 2.75) is 0 Å². The van der Waals surface area contributed by atoms with Crippen LogP contribution in [-0.2, 0) is 0 Å². The number of hydrogen-bond donors (Lipinski definition) is 3. The van der Waals surface area contributed by atoms with Crippen LogP contribution in [0.3, 0.4) is 0 Å². The molecule has 1 amide bonds. The predicted molar refractivity (Wildman–Crippen MR) is 77.2 cm³/mol. The van der Waals surface area contributed by atoms with Crippen molar-refractivity contribution in [3.63, 3.8) is 0 Å². The topological polar surface area (TPSA) is 73.6 Å². The van der Waals surface area contributed by atoms with Crippen LogP contribution in [0.15, 0.2) is 48.8 Å². The first kappa shape index (κ1) is 12.2. The summed E-state index contributed by atoms with van der Waals surface area (Å²) >= 11 is 0. The summed E-state index contributed by atoms with van der Waals surface area (Å²) in [6, 6.07) is 11.8. The van der Waals surface area contributed by atoms with Crippen molar-refractivity contribution in [3.05, 3.63) is 54.5 Å². The molecule has 5 heteroatoms. The lowest BCUT2D eigenvalue weighted by atomic mass is 10.0. The summed E-state index contributed by atoms with van der Waals surface area (Å²) in [5.74, 6) is -0.142. The van der Waals surface area contributed by atoms with E-state index in [0.717, 1.165) is 22.4 Å². The highest BCUT2D eigenvalue weighted by molar-refractivity contribution is 5.94. The molecular weight excluding hydrogens is 252 g/mol. The monoisotopic (exact) mass is 266 g/mol. The average molecular weight is 266 g/mol. The van der Waals surface area contributed by atoms with Gasteiger partial charge in [0.2, 0.25) is 0 Å². The molecule has 0 saturated heterocycles. The number of carbonyl (C=O) groups excluding carboxylic acids is 1. The van der Waals surface area contributed by atoms with Gasteiger partial charge in [0, 0.05) is 24.4 Å². The van der Waals surface area contributed by atoms with E-state index in [1.54, 1.807) is 25.5 Å². The fourth-order valence-corrected chi connectivity index (χ4v) is 2.15. The molecule has 20 heavy (non-hydrogen) atoms. The smallest absolute Gasteiger partial charge is 0.267 e. The Morgan fingerprint density at radius 2 is 2.00 bits per heavy atom. The van der Waals surface area contributed by atoms with E-state index in [1.165, 1.54) is 0 Å². The number of aromatic nitrogens is 3. The van der Waals surface area contributed by atoms with Crippen molar-refractivity contribution >= 4 is 5.91 Å². The third kappa shape index (κ3) is 2.09. The number of rotatable bonds is 3. The molecule has 0 aliphatic rings. The fourth-order valence-electron chi connectivity index (χ4n) is 2.15. The van der Waals surface area contributed by atoms with Gasteiger partial charge in [0.15, 0.2) is 0 Å². The lowest BCUT2D eigenvalue weighted by Crippen LogP contribution is -2.17. The highest BCUT2D eigenvalue weighted by Gasteiger charge is 2.13. The normalized spacial score (nSPS) is 10.4. The predicted octanol–water partition coefficient (Wildman–Crippen LogP) is 2.43. The largest absolute Gasteiger partial charge is 0.357 e. The van der Waals surface area contributed by atoms with Crippen LogP contribution in [0, 0.1) is 0 Å². The lowest BCUT2D eigenvalue weighted by Gasteiger charge is -2.00. The van der Waals surface area contributed by atoms with Gasteiger partial charge in [0.25, 0.3) is 5.91 Å². The van der Waals surface area contributed by atoms with Crippen LogP contribution < -0.4 is 5.32 Å². The van der Waals surface area contributed by atoms with E-state index >= 15 is 0 Å². The summed E-state index contributed by atoms with van der Waals surface area (Å²) in [6.07, 6.45) is 3.59. The van der Waals surface area contributed by atoms with Gasteiger partial charge in [-0.2, -0.15) is 5.10 Å². The summed E-state index contributed by atoms with van der Waals surface area (Å²) < 4.78 is 0. The van der Waals surface area contributed by atoms with Crippen LogP contribution in [0.1, 0.15) is 10.5 Å². The molecule has 3 aromatic rings. The van der Waals surface area contributed by atoms with Crippen molar-refractivity contribution < 1.29 is 4.79 Å². The zero-order valence-electron chi connectivity index (χ0n) is 11.0. The maximum atomic E-state index is 11.6. The Balaban J connectivity index is 2.02. The number of amides is 1. The Labute approximate surface area is 116 Å². The summed E-state index contributed by atoms with van der Waals surface area (Å²) in [4.78, 5) is 14.5. The fraction of sp³-hybridized carbons (Fsp3) is 0.0667. The van der Waals surface area contributed by atoms with Gasteiger partial charge in [0.05, 0.1) is 11.9 Å². The van der Waals surface area contributed by atoms with Crippen LogP contribution in [-0.4, -0.2) is 28.1 Å². The zero-order chi connectivity index (χ0) is 13.9. The zero-order valence-corrected chi connectivity index (χ0v) is 11.0. The second-order valence-electron chi connectivity index (χ2n) is 4.41. The molecule has 0 fully saturated rings. The molecule has 0 spiro atoms. The Bertz CT molecular complexity index is 727. The third-order valence-corrected chi connectivity index (χ3v) is 3.17. The van der Waals surface area contributed by atoms with Crippen LogP contribution in [0.4, 0.5) is 0 Å². The van der Waals surface area contributed by atoms with Crippen LogP contribution in [0.25, 0.3) is 22.4 Å². The summed E-state index contributed by atoms with van der Waals surface area (Å²) in [5, 5.41) is 9.69. The maximum absolute atomic E-state index is 11.6. The standard InChI is InChI=1S/C15H14N4O/c1-16-15(20)13-7-11(8-17-13)14-12(9-18-19-14)10-5-3-2-4-6-10/h2-9,17H,1H3,(H,16,20)(H,18,19). The molecule has 0 saturated carbocycles.